The highest BCUT2D eigenvalue weighted by Crippen LogP contribution is 2.23. The summed E-state index contributed by atoms with van der Waals surface area (Å²) in [5.74, 6) is 0. The van der Waals surface area contributed by atoms with E-state index < -0.39 is 0 Å². The van der Waals surface area contributed by atoms with Gasteiger partial charge in [-0.1, -0.05) is 36.4 Å². The molecule has 15 heavy (non-hydrogen) atoms. The minimum atomic E-state index is 0.297. The lowest BCUT2D eigenvalue weighted by atomic mass is 10.0. The molecule has 2 rings (SSSR count). The minimum Gasteiger partial charge on any atom is -0.371 e. The van der Waals surface area contributed by atoms with Crippen molar-refractivity contribution in [3.8, 4) is 0 Å². The summed E-state index contributed by atoms with van der Waals surface area (Å²) in [5.41, 5.74) is 1.41. The third-order valence-electron chi connectivity index (χ3n) is 3.00. The van der Waals surface area contributed by atoms with Crippen LogP contribution in [0, 0.1) is 0 Å². The van der Waals surface area contributed by atoms with Crippen LogP contribution in [0.1, 0.15) is 24.8 Å². The number of ether oxygens (including phenoxy) is 1. The Hall–Kier alpha value is -1.08. The molecule has 1 aromatic carbocycles. The van der Waals surface area contributed by atoms with E-state index in [1.165, 1.54) is 12.0 Å². The first-order valence-corrected chi connectivity index (χ1v) is 5.70. The number of hydrogen-bond acceptors (Lipinski definition) is 1. The average molecular weight is 202 g/mol. The minimum absolute atomic E-state index is 0.297. The molecule has 1 aliphatic rings. The van der Waals surface area contributed by atoms with Crippen LogP contribution in [-0.2, 0) is 11.2 Å². The van der Waals surface area contributed by atoms with E-state index in [1.807, 2.05) is 6.08 Å². The Balaban J connectivity index is 1.77. The maximum Gasteiger partial charge on any atom is 0.0757 e. The summed E-state index contributed by atoms with van der Waals surface area (Å²) in [6.45, 7) is 3.77. The van der Waals surface area contributed by atoms with Gasteiger partial charge in [0.1, 0.15) is 0 Å². The molecular weight excluding hydrogens is 184 g/mol. The van der Waals surface area contributed by atoms with Crippen LogP contribution in [0.2, 0.25) is 0 Å². The lowest BCUT2D eigenvalue weighted by Crippen LogP contribution is -2.09. The standard InChI is InChI=1S/C14H18O/c1-2-13-10-11-14(15-13)9-8-12-6-4-3-5-7-12/h2-7,13-14H,1,8-11H2/t13-,14?/m0/s1. The molecule has 1 aliphatic heterocycles. The normalized spacial score (nSPS) is 25.3. The van der Waals surface area contributed by atoms with Crippen molar-refractivity contribution in [2.45, 2.75) is 37.9 Å². The molecule has 0 spiro atoms. The van der Waals surface area contributed by atoms with Crippen LogP contribution in [0.5, 0.6) is 0 Å². The van der Waals surface area contributed by atoms with Gasteiger partial charge in [0.15, 0.2) is 0 Å². The molecule has 1 heterocycles. The molecule has 0 N–H and O–H groups in total. The van der Waals surface area contributed by atoms with Gasteiger partial charge in [0.05, 0.1) is 12.2 Å². The molecule has 0 bridgehead atoms. The van der Waals surface area contributed by atoms with E-state index in [9.17, 15) is 0 Å². The van der Waals surface area contributed by atoms with E-state index >= 15 is 0 Å². The van der Waals surface area contributed by atoms with Crippen molar-refractivity contribution in [1.29, 1.82) is 0 Å². The molecule has 0 aliphatic carbocycles. The van der Waals surface area contributed by atoms with E-state index in [4.69, 9.17) is 4.74 Å². The fraction of sp³-hybridized carbons (Fsp3) is 0.429. The van der Waals surface area contributed by atoms with Crippen LogP contribution in [0.25, 0.3) is 0 Å². The van der Waals surface area contributed by atoms with Gasteiger partial charge in [-0.05, 0) is 31.2 Å². The van der Waals surface area contributed by atoms with Crippen LogP contribution >= 0.6 is 0 Å². The van der Waals surface area contributed by atoms with Gasteiger partial charge in [0.2, 0.25) is 0 Å². The molecule has 0 aromatic heterocycles. The average Bonchev–Trinajstić information content (AvgIpc) is 2.76. The molecule has 1 nitrogen and oxygen atoms in total. The molecular formula is C14H18O. The topological polar surface area (TPSA) is 9.23 Å². The van der Waals surface area contributed by atoms with Crippen LogP contribution in [0.15, 0.2) is 43.0 Å². The number of rotatable bonds is 4. The zero-order valence-electron chi connectivity index (χ0n) is 9.06. The summed E-state index contributed by atoms with van der Waals surface area (Å²) in [5, 5.41) is 0. The molecule has 1 saturated heterocycles. The van der Waals surface area contributed by atoms with Crippen molar-refractivity contribution >= 4 is 0 Å². The second-order valence-corrected chi connectivity index (χ2v) is 4.13. The van der Waals surface area contributed by atoms with Gasteiger partial charge in [-0.3, -0.25) is 0 Å². The van der Waals surface area contributed by atoms with Crippen molar-refractivity contribution in [2.75, 3.05) is 0 Å². The highest BCUT2D eigenvalue weighted by Gasteiger charge is 2.22. The summed E-state index contributed by atoms with van der Waals surface area (Å²) in [6.07, 6.45) is 7.23. The van der Waals surface area contributed by atoms with Crippen molar-refractivity contribution in [3.05, 3.63) is 48.6 Å². The van der Waals surface area contributed by atoms with E-state index in [0.29, 0.717) is 12.2 Å². The van der Waals surface area contributed by atoms with E-state index in [1.54, 1.807) is 0 Å². The zero-order valence-corrected chi connectivity index (χ0v) is 9.06. The second kappa shape index (κ2) is 5.13. The summed E-state index contributed by atoms with van der Waals surface area (Å²) < 4.78 is 5.81. The largest absolute Gasteiger partial charge is 0.371 e. The first-order valence-electron chi connectivity index (χ1n) is 5.70. The molecule has 1 heteroatoms. The third-order valence-corrected chi connectivity index (χ3v) is 3.00. The Labute approximate surface area is 91.8 Å². The number of aryl methyl sites for hydroxylation is 1. The fourth-order valence-electron chi connectivity index (χ4n) is 2.09. The van der Waals surface area contributed by atoms with Gasteiger partial charge >= 0.3 is 0 Å². The summed E-state index contributed by atoms with van der Waals surface area (Å²) >= 11 is 0. The molecule has 1 aromatic rings. The molecule has 0 saturated carbocycles. The molecule has 2 atom stereocenters. The quantitative estimate of drug-likeness (QED) is 0.680. The van der Waals surface area contributed by atoms with Gasteiger partial charge in [-0.2, -0.15) is 0 Å². The fourth-order valence-corrected chi connectivity index (χ4v) is 2.09. The van der Waals surface area contributed by atoms with Crippen molar-refractivity contribution < 1.29 is 4.74 Å². The molecule has 0 amide bonds. The lowest BCUT2D eigenvalue weighted by molar-refractivity contribution is 0.0662. The first-order chi connectivity index (χ1) is 7.38. The second-order valence-electron chi connectivity index (χ2n) is 4.13. The maximum atomic E-state index is 5.81. The Morgan fingerprint density at radius 2 is 2.07 bits per heavy atom. The van der Waals surface area contributed by atoms with Crippen LogP contribution < -0.4 is 0 Å². The van der Waals surface area contributed by atoms with Crippen LogP contribution in [0.4, 0.5) is 0 Å². The Morgan fingerprint density at radius 1 is 1.27 bits per heavy atom. The van der Waals surface area contributed by atoms with E-state index in [-0.39, 0.29) is 0 Å². The van der Waals surface area contributed by atoms with Crippen LogP contribution in [-0.4, -0.2) is 12.2 Å². The monoisotopic (exact) mass is 202 g/mol. The molecule has 1 fully saturated rings. The third kappa shape index (κ3) is 2.93. The smallest absolute Gasteiger partial charge is 0.0757 e. The highest BCUT2D eigenvalue weighted by atomic mass is 16.5. The Morgan fingerprint density at radius 3 is 2.73 bits per heavy atom. The zero-order chi connectivity index (χ0) is 10.5. The van der Waals surface area contributed by atoms with E-state index in [0.717, 1.165) is 19.3 Å². The molecule has 1 unspecified atom stereocenters. The number of benzene rings is 1. The van der Waals surface area contributed by atoms with Crippen molar-refractivity contribution in [2.24, 2.45) is 0 Å². The predicted octanol–water partition coefficient (Wildman–Crippen LogP) is 3.35. The van der Waals surface area contributed by atoms with Gasteiger partial charge in [0, 0.05) is 0 Å². The SMILES string of the molecule is C=C[C@H]1CCC(CCc2ccccc2)O1. The van der Waals surface area contributed by atoms with Crippen LogP contribution in [0.3, 0.4) is 0 Å². The molecule has 80 valence electrons. The van der Waals surface area contributed by atoms with Gasteiger partial charge < -0.3 is 4.74 Å². The highest BCUT2D eigenvalue weighted by molar-refractivity contribution is 5.14. The Bertz CT molecular complexity index is 304. The first kappa shape index (κ1) is 10.4. The summed E-state index contributed by atoms with van der Waals surface area (Å²) in [7, 11) is 0. The number of hydrogen-bond donors (Lipinski definition) is 0. The van der Waals surface area contributed by atoms with Gasteiger partial charge in [0.25, 0.3) is 0 Å². The lowest BCUT2D eigenvalue weighted by Gasteiger charge is -2.10. The van der Waals surface area contributed by atoms with Gasteiger partial charge in [-0.25, -0.2) is 0 Å². The molecule has 0 radical (unpaired) electrons. The Kier molecular flexibility index (Phi) is 3.57. The summed E-state index contributed by atoms with van der Waals surface area (Å²) in [6, 6.07) is 10.6. The van der Waals surface area contributed by atoms with Gasteiger partial charge in [-0.15, -0.1) is 6.58 Å². The van der Waals surface area contributed by atoms with Crippen molar-refractivity contribution in [1.82, 2.24) is 0 Å². The van der Waals surface area contributed by atoms with E-state index in [2.05, 4.69) is 36.9 Å². The van der Waals surface area contributed by atoms with Crippen molar-refractivity contribution in [3.63, 3.8) is 0 Å². The maximum absolute atomic E-state index is 5.81. The predicted molar refractivity (Wildman–Crippen MR) is 62.9 cm³/mol. The summed E-state index contributed by atoms with van der Waals surface area (Å²) in [4.78, 5) is 0.